The molecule has 1 aliphatic carbocycles. The molecule has 0 aromatic carbocycles. The zero-order chi connectivity index (χ0) is 18.7. The van der Waals surface area contributed by atoms with Crippen LogP contribution < -0.4 is 4.74 Å². The second-order valence-corrected chi connectivity index (χ2v) is 8.79. The fourth-order valence-electron chi connectivity index (χ4n) is 4.20. The molecule has 1 N–H and O–H groups in total. The van der Waals surface area contributed by atoms with Crippen molar-refractivity contribution < 1.29 is 14.6 Å². The van der Waals surface area contributed by atoms with E-state index in [1.165, 1.54) is 0 Å². The van der Waals surface area contributed by atoms with Gasteiger partial charge >= 0.3 is 0 Å². The minimum atomic E-state index is -0.889. The molecule has 4 rings (SSSR count). The molecule has 1 unspecified atom stereocenters. The van der Waals surface area contributed by atoms with Crippen LogP contribution in [0.2, 0.25) is 5.15 Å². The highest BCUT2D eigenvalue weighted by Gasteiger charge is 2.59. The van der Waals surface area contributed by atoms with Crippen molar-refractivity contribution in [3.05, 3.63) is 23.6 Å². The van der Waals surface area contributed by atoms with E-state index in [1.807, 2.05) is 31.7 Å². The van der Waals surface area contributed by atoms with Gasteiger partial charge in [0.25, 0.3) is 0 Å². The maximum atomic E-state index is 10.4. The standard InChI is InChI=1S/C18H25ClN4O3/c1-17(2,3)26-16(24)22-8-6-11-13(22)9-18(11,4)25-15-12-5-7-20-23(12)10-14(19)21-15/h5,7,10-11,13,16,24H,6,8-9H2,1-4H3/t11-,13-,16?,18+/m1/s1. The Hall–Kier alpha value is -1.41. The van der Waals surface area contributed by atoms with Crippen LogP contribution in [0.3, 0.4) is 0 Å². The molecule has 2 fully saturated rings. The van der Waals surface area contributed by atoms with Crippen molar-refractivity contribution in [2.45, 2.75) is 64.2 Å². The van der Waals surface area contributed by atoms with Crippen LogP contribution in [0.25, 0.3) is 5.52 Å². The smallest absolute Gasteiger partial charge is 0.242 e. The summed E-state index contributed by atoms with van der Waals surface area (Å²) in [7, 11) is 0. The van der Waals surface area contributed by atoms with Gasteiger partial charge in [0.2, 0.25) is 12.3 Å². The van der Waals surface area contributed by atoms with Crippen molar-refractivity contribution in [1.29, 1.82) is 0 Å². The van der Waals surface area contributed by atoms with Crippen LogP contribution in [-0.2, 0) is 4.74 Å². The van der Waals surface area contributed by atoms with Crippen molar-refractivity contribution in [2.75, 3.05) is 6.54 Å². The van der Waals surface area contributed by atoms with E-state index in [0.29, 0.717) is 17.0 Å². The number of hydrogen-bond donors (Lipinski definition) is 1. The van der Waals surface area contributed by atoms with Gasteiger partial charge in [-0.25, -0.2) is 4.52 Å². The highest BCUT2D eigenvalue weighted by molar-refractivity contribution is 6.29. The van der Waals surface area contributed by atoms with Gasteiger partial charge in [0.05, 0.1) is 18.0 Å². The summed E-state index contributed by atoms with van der Waals surface area (Å²) in [4.78, 5) is 6.38. The molecule has 2 aromatic rings. The number of likely N-dealkylation sites (tertiary alicyclic amines) is 1. The van der Waals surface area contributed by atoms with Gasteiger partial charge in [-0.1, -0.05) is 11.6 Å². The lowest BCUT2D eigenvalue weighted by atomic mass is 9.66. The molecule has 1 aliphatic heterocycles. The largest absolute Gasteiger partial charge is 0.469 e. The third kappa shape index (κ3) is 3.07. The summed E-state index contributed by atoms with van der Waals surface area (Å²) < 4.78 is 13.7. The highest BCUT2D eigenvalue weighted by Crippen LogP contribution is 2.51. The summed E-state index contributed by atoms with van der Waals surface area (Å²) in [5.74, 6) is 0.811. The second-order valence-electron chi connectivity index (χ2n) is 8.41. The van der Waals surface area contributed by atoms with Crippen LogP contribution in [0.4, 0.5) is 0 Å². The number of hydrogen-bond acceptors (Lipinski definition) is 6. The lowest BCUT2D eigenvalue weighted by molar-refractivity contribution is -0.256. The van der Waals surface area contributed by atoms with Crippen molar-refractivity contribution in [3.8, 4) is 5.88 Å². The van der Waals surface area contributed by atoms with Crippen molar-refractivity contribution in [2.24, 2.45) is 5.92 Å². The van der Waals surface area contributed by atoms with Gasteiger partial charge in [-0.3, -0.25) is 4.90 Å². The first-order valence-electron chi connectivity index (χ1n) is 8.97. The molecular formula is C18H25ClN4O3. The average Bonchev–Trinajstić information content (AvgIpc) is 3.09. The first kappa shape index (κ1) is 18.0. The van der Waals surface area contributed by atoms with Gasteiger partial charge in [0.15, 0.2) is 5.15 Å². The van der Waals surface area contributed by atoms with E-state index in [0.717, 1.165) is 24.9 Å². The number of aromatic nitrogens is 3. The molecule has 1 saturated heterocycles. The number of fused-ring (bicyclic) bond motifs is 2. The number of ether oxygens (including phenoxy) is 2. The molecule has 0 spiro atoms. The van der Waals surface area contributed by atoms with Crippen LogP contribution >= 0.6 is 11.6 Å². The Bertz CT molecular complexity index is 820. The van der Waals surface area contributed by atoms with Gasteiger partial charge in [-0.05, 0) is 40.2 Å². The lowest BCUT2D eigenvalue weighted by Crippen LogP contribution is -2.62. The average molecular weight is 381 g/mol. The molecule has 0 bridgehead atoms. The van der Waals surface area contributed by atoms with E-state index in [4.69, 9.17) is 21.1 Å². The maximum absolute atomic E-state index is 10.4. The normalized spacial score (nSPS) is 30.2. The molecule has 8 heteroatoms. The monoisotopic (exact) mass is 380 g/mol. The molecule has 2 aliphatic rings. The Morgan fingerprint density at radius 3 is 2.92 bits per heavy atom. The molecule has 0 radical (unpaired) electrons. The van der Waals surface area contributed by atoms with E-state index in [9.17, 15) is 5.11 Å². The summed E-state index contributed by atoms with van der Waals surface area (Å²) in [6.07, 6.45) is 4.22. The Labute approximate surface area is 157 Å². The van der Waals surface area contributed by atoms with Crippen LogP contribution in [-0.4, -0.2) is 54.8 Å². The Morgan fingerprint density at radius 2 is 2.19 bits per heavy atom. The van der Waals surface area contributed by atoms with Crippen LogP contribution in [0, 0.1) is 5.92 Å². The molecule has 1 saturated carbocycles. The van der Waals surface area contributed by atoms with E-state index in [1.54, 1.807) is 16.9 Å². The number of nitrogens with zero attached hydrogens (tertiary/aromatic N) is 4. The first-order chi connectivity index (χ1) is 12.2. The fourth-order valence-corrected chi connectivity index (χ4v) is 4.37. The molecule has 26 heavy (non-hydrogen) atoms. The van der Waals surface area contributed by atoms with E-state index >= 15 is 0 Å². The zero-order valence-electron chi connectivity index (χ0n) is 15.5. The van der Waals surface area contributed by atoms with Gasteiger partial charge in [-0.15, -0.1) is 0 Å². The third-order valence-electron chi connectivity index (χ3n) is 5.39. The van der Waals surface area contributed by atoms with Gasteiger partial charge in [0.1, 0.15) is 11.1 Å². The predicted octanol–water partition coefficient (Wildman–Crippen LogP) is 2.71. The first-order valence-corrected chi connectivity index (χ1v) is 9.35. The van der Waals surface area contributed by atoms with E-state index in [-0.39, 0.29) is 17.2 Å². The topological polar surface area (TPSA) is 72.1 Å². The number of aliphatic hydroxyl groups is 1. The predicted molar refractivity (Wildman–Crippen MR) is 97.1 cm³/mol. The number of halogens is 1. The summed E-state index contributed by atoms with van der Waals surface area (Å²) in [6, 6.07) is 2.11. The van der Waals surface area contributed by atoms with E-state index < -0.39 is 6.41 Å². The SMILES string of the molecule is CC(C)(C)OC(O)N1CC[C@@H]2[C@H]1C[C@]2(C)Oc1nc(Cl)cn2nccc12. The van der Waals surface area contributed by atoms with Crippen LogP contribution in [0.5, 0.6) is 5.88 Å². The zero-order valence-corrected chi connectivity index (χ0v) is 16.3. The van der Waals surface area contributed by atoms with Crippen molar-refractivity contribution in [3.63, 3.8) is 0 Å². The maximum Gasteiger partial charge on any atom is 0.242 e. The molecule has 3 heterocycles. The van der Waals surface area contributed by atoms with Crippen LogP contribution in [0.15, 0.2) is 18.5 Å². The summed E-state index contributed by atoms with van der Waals surface area (Å²) >= 11 is 6.10. The number of aliphatic hydroxyl groups excluding tert-OH is 1. The molecule has 2 aromatic heterocycles. The molecule has 4 atom stereocenters. The molecule has 0 amide bonds. The van der Waals surface area contributed by atoms with E-state index in [2.05, 4.69) is 17.0 Å². The van der Waals surface area contributed by atoms with Crippen LogP contribution in [0.1, 0.15) is 40.5 Å². The summed E-state index contributed by atoms with van der Waals surface area (Å²) in [5.41, 5.74) is 0.0629. The van der Waals surface area contributed by atoms with Crippen molar-refractivity contribution in [1.82, 2.24) is 19.5 Å². The molecule has 7 nitrogen and oxygen atoms in total. The Kier molecular flexibility index (Phi) is 4.19. The van der Waals surface area contributed by atoms with Gasteiger partial charge < -0.3 is 14.6 Å². The lowest BCUT2D eigenvalue weighted by Gasteiger charge is -2.52. The summed E-state index contributed by atoms with van der Waals surface area (Å²) in [6.45, 7) is 8.72. The number of rotatable bonds is 4. The minimum absolute atomic E-state index is 0.248. The van der Waals surface area contributed by atoms with Gasteiger partial charge in [-0.2, -0.15) is 10.1 Å². The van der Waals surface area contributed by atoms with Gasteiger partial charge in [0, 0.05) is 24.9 Å². The Balaban J connectivity index is 1.49. The molecular weight excluding hydrogens is 356 g/mol. The second kappa shape index (κ2) is 6.05. The van der Waals surface area contributed by atoms with Crippen molar-refractivity contribution >= 4 is 17.1 Å². The molecule has 142 valence electrons. The Morgan fingerprint density at radius 1 is 1.42 bits per heavy atom. The third-order valence-corrected chi connectivity index (χ3v) is 5.57. The highest BCUT2D eigenvalue weighted by atomic mass is 35.5. The quantitative estimate of drug-likeness (QED) is 0.822. The summed E-state index contributed by atoms with van der Waals surface area (Å²) in [5, 5.41) is 15.0. The minimum Gasteiger partial charge on any atom is -0.469 e. The fraction of sp³-hybridized carbons (Fsp3) is 0.667.